The van der Waals surface area contributed by atoms with Gasteiger partial charge < -0.3 is 20.3 Å². The van der Waals surface area contributed by atoms with Crippen LogP contribution in [0.1, 0.15) is 29.6 Å². The van der Waals surface area contributed by atoms with Crippen LogP contribution in [0.2, 0.25) is 0 Å². The minimum Gasteiger partial charge on any atom is -0.477 e. The molecule has 1 atom stereocenters. The van der Waals surface area contributed by atoms with Crippen molar-refractivity contribution in [1.82, 2.24) is 5.16 Å². The van der Waals surface area contributed by atoms with E-state index in [9.17, 15) is 9.90 Å². The van der Waals surface area contributed by atoms with Crippen molar-refractivity contribution in [2.75, 3.05) is 24.5 Å². The van der Waals surface area contributed by atoms with Crippen LogP contribution in [0.5, 0.6) is 0 Å². The summed E-state index contributed by atoms with van der Waals surface area (Å²) in [6.07, 6.45) is 3.08. The molecule has 6 nitrogen and oxygen atoms in total. The second-order valence-corrected chi connectivity index (χ2v) is 5.91. The monoisotopic (exact) mass is 351 g/mol. The number of nitrogens with zero attached hydrogens (tertiary/aromatic N) is 2. The van der Waals surface area contributed by atoms with Gasteiger partial charge in [0.05, 0.1) is 0 Å². The van der Waals surface area contributed by atoms with Gasteiger partial charge in [0.1, 0.15) is 0 Å². The number of aromatic nitrogens is 1. The van der Waals surface area contributed by atoms with Crippen molar-refractivity contribution in [3.8, 4) is 11.3 Å². The number of hydrogen-bond donors (Lipinski definition) is 2. The number of carbonyl (C=O) groups is 1. The molecule has 1 saturated heterocycles. The van der Waals surface area contributed by atoms with E-state index >= 15 is 0 Å². The molecule has 0 saturated carbocycles. The van der Waals surface area contributed by atoms with Crippen LogP contribution in [0.25, 0.3) is 11.3 Å². The fraction of sp³-hybridized carbons (Fsp3) is 0.412. The number of aromatic carboxylic acids is 1. The van der Waals surface area contributed by atoms with Gasteiger partial charge in [0.25, 0.3) is 0 Å². The lowest BCUT2D eigenvalue weighted by molar-refractivity contribution is 0.0697. The van der Waals surface area contributed by atoms with E-state index in [2.05, 4.69) is 5.16 Å². The van der Waals surface area contributed by atoms with Gasteiger partial charge >= 0.3 is 5.97 Å². The van der Waals surface area contributed by atoms with Gasteiger partial charge in [-0.15, -0.1) is 12.4 Å². The lowest BCUT2D eigenvalue weighted by Gasteiger charge is -2.32. The van der Waals surface area contributed by atoms with Crippen LogP contribution < -0.4 is 10.6 Å². The van der Waals surface area contributed by atoms with Crippen LogP contribution in [0.4, 0.5) is 5.82 Å². The Morgan fingerprint density at radius 2 is 2.12 bits per heavy atom. The van der Waals surface area contributed by atoms with E-state index in [1.165, 1.54) is 0 Å². The predicted octanol–water partition coefficient (Wildman–Crippen LogP) is 3.03. The van der Waals surface area contributed by atoms with Crippen LogP contribution >= 0.6 is 12.4 Å². The Balaban J connectivity index is 0.00000208. The third-order valence-corrected chi connectivity index (χ3v) is 4.32. The molecule has 1 unspecified atom stereocenters. The summed E-state index contributed by atoms with van der Waals surface area (Å²) in [4.78, 5) is 13.8. The summed E-state index contributed by atoms with van der Waals surface area (Å²) in [5.74, 6) is 0.209. The average Bonchev–Trinajstić information content (AvgIpc) is 3.01. The van der Waals surface area contributed by atoms with Crippen molar-refractivity contribution in [1.29, 1.82) is 0 Å². The van der Waals surface area contributed by atoms with Crippen molar-refractivity contribution >= 4 is 24.2 Å². The maximum Gasteiger partial charge on any atom is 0.343 e. The number of piperidine rings is 1. The number of anilines is 1. The highest BCUT2D eigenvalue weighted by molar-refractivity contribution is 5.99. The standard InChI is InChI=1S/C17H21N3O3.ClH/c18-9-8-12-5-4-10-20(11-12)16-14(17(21)22)15(23-19-16)13-6-2-1-3-7-13;/h1-3,6-7,12H,4-5,8-11,18H2,(H,21,22);1H. The number of benzene rings is 1. The third-order valence-electron chi connectivity index (χ3n) is 4.32. The Morgan fingerprint density at radius 3 is 2.79 bits per heavy atom. The maximum atomic E-state index is 11.8. The second-order valence-electron chi connectivity index (χ2n) is 5.91. The Labute approximate surface area is 147 Å². The Hall–Kier alpha value is -2.05. The molecule has 1 aliphatic heterocycles. The van der Waals surface area contributed by atoms with Gasteiger partial charge in [0.2, 0.25) is 0 Å². The van der Waals surface area contributed by atoms with E-state index in [1.54, 1.807) is 0 Å². The van der Waals surface area contributed by atoms with Gasteiger partial charge in [-0.2, -0.15) is 0 Å². The first-order valence-corrected chi connectivity index (χ1v) is 7.94. The van der Waals surface area contributed by atoms with Gasteiger partial charge in [-0.05, 0) is 31.7 Å². The Morgan fingerprint density at radius 1 is 1.38 bits per heavy atom. The first-order valence-electron chi connectivity index (χ1n) is 7.94. The summed E-state index contributed by atoms with van der Waals surface area (Å²) >= 11 is 0. The number of carboxylic acid groups (broad SMARTS) is 1. The molecule has 0 spiro atoms. The molecule has 0 radical (unpaired) electrons. The van der Waals surface area contributed by atoms with Gasteiger partial charge in [0.15, 0.2) is 17.1 Å². The summed E-state index contributed by atoms with van der Waals surface area (Å²) in [5.41, 5.74) is 6.52. The van der Waals surface area contributed by atoms with E-state index in [1.807, 2.05) is 35.2 Å². The lowest BCUT2D eigenvalue weighted by atomic mass is 9.94. The van der Waals surface area contributed by atoms with Crippen LogP contribution in [0.3, 0.4) is 0 Å². The quantitative estimate of drug-likeness (QED) is 0.860. The molecule has 2 heterocycles. The van der Waals surface area contributed by atoms with E-state index in [4.69, 9.17) is 10.3 Å². The van der Waals surface area contributed by atoms with Crippen LogP contribution in [-0.2, 0) is 0 Å². The highest BCUT2D eigenvalue weighted by atomic mass is 35.5. The summed E-state index contributed by atoms with van der Waals surface area (Å²) < 4.78 is 5.39. The van der Waals surface area contributed by atoms with Gasteiger partial charge in [-0.3, -0.25) is 0 Å². The molecule has 0 amide bonds. The van der Waals surface area contributed by atoms with E-state index in [0.29, 0.717) is 24.0 Å². The normalized spacial score (nSPS) is 17.4. The highest BCUT2D eigenvalue weighted by Crippen LogP contribution is 2.33. The largest absolute Gasteiger partial charge is 0.477 e. The molecule has 24 heavy (non-hydrogen) atoms. The fourth-order valence-corrected chi connectivity index (χ4v) is 3.21. The van der Waals surface area contributed by atoms with Gasteiger partial charge in [-0.25, -0.2) is 4.79 Å². The summed E-state index contributed by atoms with van der Waals surface area (Å²) in [7, 11) is 0. The minimum absolute atomic E-state index is 0. The number of hydrogen-bond acceptors (Lipinski definition) is 5. The Bertz CT molecular complexity index is 673. The molecule has 7 heteroatoms. The zero-order valence-electron chi connectivity index (χ0n) is 13.4. The molecule has 1 aromatic carbocycles. The third kappa shape index (κ3) is 3.71. The molecule has 1 fully saturated rings. The number of nitrogens with two attached hydrogens (primary N) is 1. The van der Waals surface area contributed by atoms with E-state index < -0.39 is 5.97 Å². The molecule has 2 aromatic rings. The van der Waals surface area contributed by atoms with Crippen molar-refractivity contribution in [3.63, 3.8) is 0 Å². The summed E-state index contributed by atoms with van der Waals surface area (Å²) in [6.45, 7) is 2.22. The number of rotatable bonds is 5. The van der Waals surface area contributed by atoms with Crippen LogP contribution in [0.15, 0.2) is 34.9 Å². The van der Waals surface area contributed by atoms with Crippen LogP contribution in [0, 0.1) is 5.92 Å². The lowest BCUT2D eigenvalue weighted by Crippen LogP contribution is -2.37. The molecule has 1 aliphatic rings. The number of halogens is 1. The summed E-state index contributed by atoms with van der Waals surface area (Å²) in [6, 6.07) is 9.22. The van der Waals surface area contributed by atoms with E-state index in [0.717, 1.165) is 37.9 Å². The smallest absolute Gasteiger partial charge is 0.343 e. The molecule has 3 rings (SSSR count). The fourth-order valence-electron chi connectivity index (χ4n) is 3.21. The van der Waals surface area contributed by atoms with Gasteiger partial charge in [-0.1, -0.05) is 35.5 Å². The van der Waals surface area contributed by atoms with Crippen molar-refractivity contribution in [2.24, 2.45) is 11.7 Å². The molecular formula is C17H22ClN3O3. The van der Waals surface area contributed by atoms with Crippen LogP contribution in [-0.4, -0.2) is 35.9 Å². The zero-order chi connectivity index (χ0) is 16.2. The predicted molar refractivity (Wildman–Crippen MR) is 94.8 cm³/mol. The zero-order valence-corrected chi connectivity index (χ0v) is 14.2. The highest BCUT2D eigenvalue weighted by Gasteiger charge is 2.30. The van der Waals surface area contributed by atoms with Crippen molar-refractivity contribution in [2.45, 2.75) is 19.3 Å². The first kappa shape index (κ1) is 18.3. The SMILES string of the molecule is Cl.NCCC1CCCN(c2noc(-c3ccccc3)c2C(=O)O)C1. The van der Waals surface area contributed by atoms with Crippen molar-refractivity contribution in [3.05, 3.63) is 35.9 Å². The minimum atomic E-state index is -1.01. The molecule has 0 aliphatic carbocycles. The molecule has 0 bridgehead atoms. The second kappa shape index (κ2) is 8.17. The summed E-state index contributed by atoms with van der Waals surface area (Å²) in [5, 5.41) is 13.7. The molecule has 130 valence electrons. The van der Waals surface area contributed by atoms with Gasteiger partial charge in [0, 0.05) is 18.7 Å². The van der Waals surface area contributed by atoms with Crippen molar-refractivity contribution < 1.29 is 14.4 Å². The molecule has 1 aromatic heterocycles. The van der Waals surface area contributed by atoms with E-state index in [-0.39, 0.29) is 18.0 Å². The average molecular weight is 352 g/mol. The first-order chi connectivity index (χ1) is 11.2. The maximum absolute atomic E-state index is 11.8. The molecular weight excluding hydrogens is 330 g/mol. The topological polar surface area (TPSA) is 92.6 Å². The number of carboxylic acids is 1. The molecule has 3 N–H and O–H groups in total. The Kier molecular flexibility index (Phi) is 6.23.